The zero-order valence-electron chi connectivity index (χ0n) is 31.5. The zero-order chi connectivity index (χ0) is 38.2. The number of nitrogens with zero attached hydrogens (tertiary/aromatic N) is 1. The second-order valence-electron chi connectivity index (χ2n) is 15.2. The highest BCUT2D eigenvalue weighted by Crippen LogP contribution is 2.64. The average Bonchev–Trinajstić information content (AvgIpc) is 3.81. The number of anilines is 3. The van der Waals surface area contributed by atoms with Crippen LogP contribution in [0.3, 0.4) is 0 Å². The standard InChI is InChI=1S/C55H35NO2/c1-3-14-36(15-4-1)37-26-28-39(29-27-37)56(41-30-32-44-43-18-7-10-23-50(43)57-53(44)35-41)40-31-33-45-49(34-40)55(48-22-13-19-42(54(45)48)38-16-5-2-6-17-38)46-20-8-11-24-51(46)58-52-25-12-9-21-47(52)55/h1-35H. The molecule has 0 fully saturated rings. The third-order valence-electron chi connectivity index (χ3n) is 12.1. The molecule has 0 amide bonds. The summed E-state index contributed by atoms with van der Waals surface area (Å²) in [5.41, 5.74) is 16.2. The summed E-state index contributed by atoms with van der Waals surface area (Å²) in [4.78, 5) is 2.37. The number of hydrogen-bond acceptors (Lipinski definition) is 3. The van der Waals surface area contributed by atoms with Gasteiger partial charge in [-0.15, -0.1) is 0 Å². The molecule has 0 unspecified atom stereocenters. The van der Waals surface area contributed by atoms with Gasteiger partial charge in [0.05, 0.1) is 5.41 Å². The van der Waals surface area contributed by atoms with Crippen molar-refractivity contribution in [3.05, 3.63) is 235 Å². The predicted octanol–water partition coefficient (Wildman–Crippen LogP) is 14.9. The first-order valence-electron chi connectivity index (χ1n) is 19.8. The number of hydrogen-bond donors (Lipinski definition) is 0. The topological polar surface area (TPSA) is 25.6 Å². The number of furan rings is 1. The first kappa shape index (κ1) is 32.6. The average molecular weight is 742 g/mol. The molecule has 3 nitrogen and oxygen atoms in total. The molecule has 1 aromatic heterocycles. The second-order valence-corrected chi connectivity index (χ2v) is 15.2. The van der Waals surface area contributed by atoms with Crippen molar-refractivity contribution in [2.24, 2.45) is 0 Å². The van der Waals surface area contributed by atoms with Crippen LogP contribution in [0.5, 0.6) is 11.5 Å². The molecular weight excluding hydrogens is 707 g/mol. The van der Waals surface area contributed by atoms with Crippen LogP contribution in [0.2, 0.25) is 0 Å². The smallest absolute Gasteiger partial charge is 0.137 e. The van der Waals surface area contributed by atoms with Crippen molar-refractivity contribution in [2.75, 3.05) is 4.90 Å². The fourth-order valence-electron chi connectivity index (χ4n) is 9.67. The normalized spacial score (nSPS) is 13.1. The van der Waals surface area contributed by atoms with Crippen LogP contribution in [-0.2, 0) is 5.41 Å². The molecule has 3 heteroatoms. The lowest BCUT2D eigenvalue weighted by atomic mass is 9.66. The minimum absolute atomic E-state index is 0.636. The van der Waals surface area contributed by atoms with Crippen LogP contribution >= 0.6 is 0 Å². The third kappa shape index (κ3) is 4.74. The van der Waals surface area contributed by atoms with Gasteiger partial charge >= 0.3 is 0 Å². The van der Waals surface area contributed by atoms with E-state index < -0.39 is 5.41 Å². The Morgan fingerprint density at radius 3 is 1.67 bits per heavy atom. The minimum Gasteiger partial charge on any atom is -0.457 e. The molecule has 1 spiro atoms. The maximum atomic E-state index is 6.72. The Bertz CT molecular complexity index is 3150. The zero-order valence-corrected chi connectivity index (χ0v) is 31.5. The van der Waals surface area contributed by atoms with Crippen molar-refractivity contribution in [1.29, 1.82) is 0 Å². The summed E-state index contributed by atoms with van der Waals surface area (Å²) >= 11 is 0. The highest BCUT2D eigenvalue weighted by Gasteiger charge is 2.52. The van der Waals surface area contributed by atoms with Crippen LogP contribution in [0.25, 0.3) is 55.3 Å². The second kappa shape index (κ2) is 12.7. The molecule has 0 radical (unpaired) electrons. The van der Waals surface area contributed by atoms with Gasteiger partial charge < -0.3 is 14.1 Å². The van der Waals surface area contributed by atoms with Gasteiger partial charge in [0.15, 0.2) is 0 Å². The van der Waals surface area contributed by atoms with Gasteiger partial charge in [0.25, 0.3) is 0 Å². The van der Waals surface area contributed by atoms with E-state index in [9.17, 15) is 0 Å². The summed E-state index contributed by atoms with van der Waals surface area (Å²) in [6.45, 7) is 0. The maximum Gasteiger partial charge on any atom is 0.137 e. The Morgan fingerprint density at radius 2 is 0.914 bits per heavy atom. The Hall–Kier alpha value is -7.62. The van der Waals surface area contributed by atoms with Crippen LogP contribution in [-0.4, -0.2) is 0 Å². The van der Waals surface area contributed by atoms with Crippen LogP contribution in [0.1, 0.15) is 22.3 Å². The molecule has 0 saturated carbocycles. The molecule has 9 aromatic carbocycles. The van der Waals surface area contributed by atoms with Gasteiger partial charge in [0.1, 0.15) is 22.7 Å². The molecule has 0 saturated heterocycles. The SMILES string of the molecule is c1ccc(-c2ccc(N(c3ccc4c(c3)C3(c5ccccc5Oc5ccccc53)c3cccc(-c5ccccc5)c3-4)c3ccc4c(c3)oc3ccccc34)cc2)cc1. The molecular formula is C55H35NO2. The van der Waals surface area contributed by atoms with Crippen LogP contribution in [0.15, 0.2) is 217 Å². The number of fused-ring (bicyclic) bond motifs is 12. The van der Waals surface area contributed by atoms with E-state index in [1.54, 1.807) is 0 Å². The molecule has 0 atom stereocenters. The summed E-state index contributed by atoms with van der Waals surface area (Å²) in [7, 11) is 0. The molecule has 0 bridgehead atoms. The predicted molar refractivity (Wildman–Crippen MR) is 237 cm³/mol. The van der Waals surface area contributed by atoms with Crippen LogP contribution in [0.4, 0.5) is 17.1 Å². The van der Waals surface area contributed by atoms with Gasteiger partial charge in [-0.3, -0.25) is 0 Å². The molecule has 272 valence electrons. The van der Waals surface area contributed by atoms with Gasteiger partial charge in [0, 0.05) is 45.0 Å². The molecule has 10 aromatic rings. The lowest BCUT2D eigenvalue weighted by Gasteiger charge is -2.39. The monoisotopic (exact) mass is 741 g/mol. The molecule has 12 rings (SSSR count). The summed E-state index contributed by atoms with van der Waals surface area (Å²) < 4.78 is 13.2. The lowest BCUT2D eigenvalue weighted by molar-refractivity contribution is 0.436. The van der Waals surface area contributed by atoms with Crippen LogP contribution < -0.4 is 9.64 Å². The van der Waals surface area contributed by atoms with Gasteiger partial charge in [-0.2, -0.15) is 0 Å². The van der Waals surface area contributed by atoms with Crippen molar-refractivity contribution in [1.82, 2.24) is 0 Å². The number of benzene rings is 9. The van der Waals surface area contributed by atoms with E-state index in [-0.39, 0.29) is 0 Å². The fraction of sp³-hybridized carbons (Fsp3) is 0.0182. The van der Waals surface area contributed by atoms with Crippen molar-refractivity contribution in [3.8, 4) is 44.9 Å². The lowest BCUT2D eigenvalue weighted by Crippen LogP contribution is -2.32. The number of ether oxygens (including phenoxy) is 1. The van der Waals surface area contributed by atoms with E-state index in [4.69, 9.17) is 9.15 Å². The van der Waals surface area contributed by atoms with Crippen molar-refractivity contribution in [2.45, 2.75) is 5.41 Å². The van der Waals surface area contributed by atoms with E-state index in [1.807, 2.05) is 12.1 Å². The fourth-order valence-corrected chi connectivity index (χ4v) is 9.67. The maximum absolute atomic E-state index is 6.72. The first-order valence-corrected chi connectivity index (χ1v) is 19.8. The van der Waals surface area contributed by atoms with E-state index in [0.717, 1.165) is 61.6 Å². The summed E-state index contributed by atoms with van der Waals surface area (Å²) in [6, 6.07) is 76.1. The Morgan fingerprint density at radius 1 is 0.345 bits per heavy atom. The summed E-state index contributed by atoms with van der Waals surface area (Å²) in [6.07, 6.45) is 0. The Balaban J connectivity index is 1.14. The molecule has 2 aliphatic rings. The largest absolute Gasteiger partial charge is 0.457 e. The highest BCUT2D eigenvalue weighted by atomic mass is 16.5. The van der Waals surface area contributed by atoms with Crippen molar-refractivity contribution in [3.63, 3.8) is 0 Å². The molecule has 0 N–H and O–H groups in total. The molecule has 2 heterocycles. The Labute approximate surface area is 336 Å². The third-order valence-corrected chi connectivity index (χ3v) is 12.1. The molecule has 58 heavy (non-hydrogen) atoms. The van der Waals surface area contributed by atoms with Gasteiger partial charge in [-0.05, 0) is 99.1 Å². The van der Waals surface area contributed by atoms with Gasteiger partial charge in [-0.25, -0.2) is 0 Å². The van der Waals surface area contributed by atoms with E-state index >= 15 is 0 Å². The van der Waals surface area contributed by atoms with Crippen LogP contribution in [0, 0.1) is 0 Å². The van der Waals surface area contributed by atoms with Gasteiger partial charge in [0.2, 0.25) is 0 Å². The minimum atomic E-state index is -0.636. The highest BCUT2D eigenvalue weighted by molar-refractivity contribution is 6.06. The van der Waals surface area contributed by atoms with E-state index in [0.29, 0.717) is 0 Å². The summed E-state index contributed by atoms with van der Waals surface area (Å²) in [5, 5.41) is 2.22. The molecule has 1 aliphatic heterocycles. The van der Waals surface area contributed by atoms with E-state index in [2.05, 4.69) is 205 Å². The first-order chi connectivity index (χ1) is 28.8. The Kier molecular flexibility index (Phi) is 7.14. The number of rotatable bonds is 5. The summed E-state index contributed by atoms with van der Waals surface area (Å²) in [5.74, 6) is 1.75. The van der Waals surface area contributed by atoms with Crippen molar-refractivity contribution < 1.29 is 9.15 Å². The number of para-hydroxylation sites is 3. The van der Waals surface area contributed by atoms with E-state index in [1.165, 1.54) is 44.5 Å². The molecule has 1 aliphatic carbocycles. The van der Waals surface area contributed by atoms with Gasteiger partial charge in [-0.1, -0.05) is 152 Å². The quantitative estimate of drug-likeness (QED) is 0.176. The van der Waals surface area contributed by atoms with Crippen molar-refractivity contribution >= 4 is 39.0 Å².